The summed E-state index contributed by atoms with van der Waals surface area (Å²) in [5.41, 5.74) is -1.19. The number of halogens is 2. The van der Waals surface area contributed by atoms with Gasteiger partial charge in [0.25, 0.3) is 0 Å². The number of methoxy groups -OCH3 is 2. The smallest absolute Gasteiger partial charge is 0.334 e. The largest absolute Gasteiger partial charge is 0.492 e. The molecule has 0 aliphatic rings. The van der Waals surface area contributed by atoms with E-state index in [0.717, 1.165) is 46.3 Å². The van der Waals surface area contributed by atoms with Crippen molar-refractivity contribution in [2.45, 2.75) is 85.0 Å². The van der Waals surface area contributed by atoms with Crippen LogP contribution in [0.5, 0.6) is 5.75 Å². The Hall–Kier alpha value is -6.12. The summed E-state index contributed by atoms with van der Waals surface area (Å²) in [6.07, 6.45) is 4.85. The standard InChI is InChI=1S/C47H58F2O13/c1-10-11-12-13-14-16-34-23-37(48)42(38(49)24-34)36-18-19-39(35(25-36)17-15-20-58-43(52)30(2)3)59-26-47(27-60-44(53)31(4)5,28-61-45(54)32(6)21-40(50)56-8)29-62-46(55)33(7)22-41(51)57-9/h18-19,23-25H,2,4,6-7,10-17,20-22,26-29H2,1,3,5,8-9H3. The van der Waals surface area contributed by atoms with E-state index in [-0.39, 0.29) is 58.6 Å². The fraction of sp³-hybridized carbons (Fsp3) is 0.447. The number of hydrogen-bond acceptors (Lipinski definition) is 13. The molecule has 0 aliphatic heterocycles. The minimum Gasteiger partial charge on any atom is -0.492 e. The number of hydrogen-bond donors (Lipinski definition) is 0. The van der Waals surface area contributed by atoms with E-state index in [4.69, 9.17) is 23.7 Å². The number of unbranched alkanes of at least 4 members (excludes halogenated alkanes) is 4. The van der Waals surface area contributed by atoms with Gasteiger partial charge in [-0.1, -0.05) is 65.0 Å². The second kappa shape index (κ2) is 26.3. The SMILES string of the molecule is C=C(C)C(=O)OCCCc1cc(-c2c(F)cc(CCCCCCC)cc2F)ccc1OCC(COC(=O)C(=C)C)(COC(=O)C(=C)CC(=O)OC)COC(=O)C(=C)CC(=O)OC. The zero-order valence-electron chi connectivity index (χ0n) is 36.4. The van der Waals surface area contributed by atoms with Gasteiger partial charge in [0, 0.05) is 22.3 Å². The fourth-order valence-electron chi connectivity index (χ4n) is 5.70. The Morgan fingerprint density at radius 3 is 1.61 bits per heavy atom. The van der Waals surface area contributed by atoms with E-state index in [1.54, 1.807) is 0 Å². The Balaban J connectivity index is 2.62. The van der Waals surface area contributed by atoms with Crippen molar-refractivity contribution in [1.29, 1.82) is 0 Å². The van der Waals surface area contributed by atoms with E-state index in [0.29, 0.717) is 17.5 Å². The van der Waals surface area contributed by atoms with Crippen molar-refractivity contribution < 1.29 is 70.7 Å². The van der Waals surface area contributed by atoms with Crippen LogP contribution in [0.3, 0.4) is 0 Å². The van der Waals surface area contributed by atoms with E-state index >= 15 is 8.78 Å². The first-order chi connectivity index (χ1) is 29.4. The maximum absolute atomic E-state index is 15.7. The molecule has 0 radical (unpaired) electrons. The lowest BCUT2D eigenvalue weighted by Crippen LogP contribution is -2.44. The van der Waals surface area contributed by atoms with Crippen molar-refractivity contribution in [1.82, 2.24) is 0 Å². The highest BCUT2D eigenvalue weighted by molar-refractivity contribution is 5.94. The van der Waals surface area contributed by atoms with E-state index < -0.39 is 92.1 Å². The molecule has 0 saturated carbocycles. The van der Waals surface area contributed by atoms with Crippen LogP contribution in [0, 0.1) is 17.0 Å². The molecule has 2 aromatic rings. The minimum atomic E-state index is -1.70. The molecule has 0 heterocycles. The summed E-state index contributed by atoms with van der Waals surface area (Å²) in [7, 11) is 2.24. The highest BCUT2D eigenvalue weighted by Gasteiger charge is 2.38. The van der Waals surface area contributed by atoms with E-state index in [1.165, 1.54) is 44.2 Å². The molecule has 0 bridgehead atoms. The molecule has 0 saturated heterocycles. The van der Waals surface area contributed by atoms with Crippen LogP contribution in [0.15, 0.2) is 78.9 Å². The molecule has 0 atom stereocenters. The average molecular weight is 869 g/mol. The van der Waals surface area contributed by atoms with Crippen molar-refractivity contribution in [3.63, 3.8) is 0 Å². The molecule has 0 aromatic heterocycles. The fourth-order valence-corrected chi connectivity index (χ4v) is 5.70. The van der Waals surface area contributed by atoms with Crippen LogP contribution in [0.4, 0.5) is 8.78 Å². The molecule has 0 amide bonds. The summed E-state index contributed by atoms with van der Waals surface area (Å²) < 4.78 is 68.7. The summed E-state index contributed by atoms with van der Waals surface area (Å²) in [5, 5.41) is 0. The van der Waals surface area contributed by atoms with Crippen molar-refractivity contribution in [2.75, 3.05) is 47.3 Å². The molecule has 62 heavy (non-hydrogen) atoms. The maximum atomic E-state index is 15.7. The molecular formula is C47H58F2O13. The van der Waals surface area contributed by atoms with Gasteiger partial charge in [-0.25, -0.2) is 28.0 Å². The molecule has 0 aliphatic carbocycles. The second-order valence-corrected chi connectivity index (χ2v) is 15.0. The van der Waals surface area contributed by atoms with E-state index in [9.17, 15) is 28.8 Å². The van der Waals surface area contributed by atoms with Gasteiger partial charge in [0.05, 0.1) is 39.2 Å². The van der Waals surface area contributed by atoms with Gasteiger partial charge in [-0.15, -0.1) is 0 Å². The summed E-state index contributed by atoms with van der Waals surface area (Å²) in [6.45, 7) is 16.8. The van der Waals surface area contributed by atoms with Gasteiger partial charge in [-0.3, -0.25) is 9.59 Å². The lowest BCUT2D eigenvalue weighted by Gasteiger charge is -2.32. The summed E-state index contributed by atoms with van der Waals surface area (Å²) in [5.74, 6) is -6.42. The number of aryl methyl sites for hydroxylation is 2. The van der Waals surface area contributed by atoms with Crippen LogP contribution in [0.2, 0.25) is 0 Å². The zero-order chi connectivity index (χ0) is 46.4. The Bertz CT molecular complexity index is 1910. The number of benzene rings is 2. The first kappa shape index (κ1) is 52.0. The Morgan fingerprint density at radius 2 is 1.11 bits per heavy atom. The van der Waals surface area contributed by atoms with E-state index in [1.807, 2.05) is 0 Å². The maximum Gasteiger partial charge on any atom is 0.334 e. The van der Waals surface area contributed by atoms with Crippen molar-refractivity contribution >= 4 is 35.8 Å². The highest BCUT2D eigenvalue weighted by atomic mass is 19.1. The van der Waals surface area contributed by atoms with Crippen LogP contribution < -0.4 is 4.74 Å². The minimum absolute atomic E-state index is 0.0106. The predicted molar refractivity (Wildman–Crippen MR) is 226 cm³/mol. The predicted octanol–water partition coefficient (Wildman–Crippen LogP) is 8.01. The second-order valence-electron chi connectivity index (χ2n) is 15.0. The molecule has 15 heteroatoms. The van der Waals surface area contributed by atoms with Crippen molar-refractivity contribution in [2.24, 2.45) is 5.41 Å². The molecular weight excluding hydrogens is 811 g/mol. The zero-order valence-corrected chi connectivity index (χ0v) is 36.4. The Morgan fingerprint density at radius 1 is 0.613 bits per heavy atom. The number of esters is 6. The van der Waals surface area contributed by atoms with Crippen LogP contribution in [0.1, 0.15) is 83.3 Å². The summed E-state index contributed by atoms with van der Waals surface area (Å²) in [6, 6.07) is 7.08. The van der Waals surface area contributed by atoms with Crippen LogP contribution in [-0.4, -0.2) is 83.1 Å². The normalized spacial score (nSPS) is 10.8. The summed E-state index contributed by atoms with van der Waals surface area (Å²) in [4.78, 5) is 74.5. The Kier molecular flexibility index (Phi) is 22.0. The van der Waals surface area contributed by atoms with Crippen molar-refractivity contribution in [3.8, 4) is 16.9 Å². The quantitative estimate of drug-likeness (QED) is 0.0350. The first-order valence-electron chi connectivity index (χ1n) is 20.1. The summed E-state index contributed by atoms with van der Waals surface area (Å²) >= 11 is 0. The monoisotopic (exact) mass is 868 g/mol. The van der Waals surface area contributed by atoms with Gasteiger partial charge in [-0.2, -0.15) is 0 Å². The van der Waals surface area contributed by atoms with Crippen molar-refractivity contribution in [3.05, 3.63) is 102 Å². The number of carbonyl (C=O) groups is 6. The molecule has 2 aromatic carbocycles. The van der Waals surface area contributed by atoms with Crippen LogP contribution >= 0.6 is 0 Å². The third kappa shape index (κ3) is 17.5. The third-order valence-corrected chi connectivity index (χ3v) is 9.35. The van der Waals surface area contributed by atoms with Gasteiger partial charge < -0.3 is 33.2 Å². The molecule has 13 nitrogen and oxygen atoms in total. The molecule has 2 rings (SSSR count). The lowest BCUT2D eigenvalue weighted by molar-refractivity contribution is -0.161. The highest BCUT2D eigenvalue weighted by Crippen LogP contribution is 2.34. The van der Waals surface area contributed by atoms with E-state index in [2.05, 4.69) is 42.7 Å². The topological polar surface area (TPSA) is 167 Å². The van der Waals surface area contributed by atoms with Crippen LogP contribution in [-0.2, 0) is 70.0 Å². The first-order valence-corrected chi connectivity index (χ1v) is 20.1. The average Bonchev–Trinajstić information content (AvgIpc) is 3.23. The lowest BCUT2D eigenvalue weighted by atomic mass is 9.91. The van der Waals surface area contributed by atoms with Gasteiger partial charge in [0.1, 0.15) is 49.2 Å². The number of ether oxygens (including phenoxy) is 7. The van der Waals surface area contributed by atoms with Gasteiger partial charge in [0.15, 0.2) is 0 Å². The van der Waals surface area contributed by atoms with Gasteiger partial charge in [0.2, 0.25) is 0 Å². The van der Waals surface area contributed by atoms with Gasteiger partial charge in [-0.05, 0) is 80.5 Å². The molecule has 0 fully saturated rings. The van der Waals surface area contributed by atoms with Crippen LogP contribution in [0.25, 0.3) is 11.1 Å². The molecule has 0 N–H and O–H groups in total. The molecule has 338 valence electrons. The molecule has 0 unspecified atom stereocenters. The number of rotatable bonds is 28. The third-order valence-electron chi connectivity index (χ3n) is 9.35. The van der Waals surface area contributed by atoms with Gasteiger partial charge >= 0.3 is 35.8 Å². The molecule has 0 spiro atoms. The number of carbonyl (C=O) groups excluding carboxylic acids is 6. The Labute approximate surface area is 362 Å².